The van der Waals surface area contributed by atoms with Gasteiger partial charge in [0, 0.05) is 31.1 Å². The summed E-state index contributed by atoms with van der Waals surface area (Å²) in [5.41, 5.74) is 5.13. The van der Waals surface area contributed by atoms with Crippen molar-refractivity contribution >= 4 is 39.3 Å². The molecule has 2 aromatic rings. The molecule has 180 valence electrons. The number of ether oxygens (including phenoxy) is 1. The van der Waals surface area contributed by atoms with Crippen molar-refractivity contribution in [1.29, 1.82) is 0 Å². The second-order valence-electron chi connectivity index (χ2n) is 7.48. The third-order valence-corrected chi connectivity index (χ3v) is 8.40. The van der Waals surface area contributed by atoms with Crippen molar-refractivity contribution in [1.82, 2.24) is 14.5 Å². The van der Waals surface area contributed by atoms with Crippen molar-refractivity contribution in [2.24, 2.45) is 5.73 Å². The van der Waals surface area contributed by atoms with Crippen LogP contribution in [0.5, 0.6) is 0 Å². The number of furan rings is 1. The Labute approximate surface area is 195 Å². The lowest BCUT2D eigenvalue weighted by Gasteiger charge is -2.34. The SMILES string of the molecule is COC(=O)c1c(C)oc(C)c1S(=O)(=O)N1CCN(C(=O)CC(NC(N)=O)c2cccs2)CC1. The normalized spacial score (nSPS) is 15.8. The van der Waals surface area contributed by atoms with E-state index in [1.165, 1.54) is 36.6 Å². The van der Waals surface area contributed by atoms with E-state index in [-0.39, 0.29) is 60.5 Å². The van der Waals surface area contributed by atoms with Crippen LogP contribution in [0.4, 0.5) is 4.79 Å². The van der Waals surface area contributed by atoms with Gasteiger partial charge in [-0.1, -0.05) is 6.07 Å². The first-order chi connectivity index (χ1) is 15.6. The lowest BCUT2D eigenvalue weighted by atomic mass is 10.1. The summed E-state index contributed by atoms with van der Waals surface area (Å²) in [6.07, 6.45) is 0.00270. The van der Waals surface area contributed by atoms with Crippen LogP contribution < -0.4 is 11.1 Å². The minimum atomic E-state index is -4.05. The lowest BCUT2D eigenvalue weighted by Crippen LogP contribution is -2.51. The first-order valence-electron chi connectivity index (χ1n) is 10.1. The summed E-state index contributed by atoms with van der Waals surface area (Å²) in [5.74, 6) is -0.765. The molecule has 3 rings (SSSR count). The molecule has 33 heavy (non-hydrogen) atoms. The Balaban J connectivity index is 1.71. The number of thiophene rings is 1. The third-order valence-electron chi connectivity index (χ3n) is 5.37. The van der Waals surface area contributed by atoms with Crippen LogP contribution >= 0.6 is 11.3 Å². The van der Waals surface area contributed by atoms with Gasteiger partial charge in [0.2, 0.25) is 15.9 Å². The Morgan fingerprint density at radius 3 is 2.42 bits per heavy atom. The average Bonchev–Trinajstić information content (AvgIpc) is 3.40. The number of carbonyl (C=O) groups is 3. The van der Waals surface area contributed by atoms with Gasteiger partial charge < -0.3 is 25.1 Å². The summed E-state index contributed by atoms with van der Waals surface area (Å²) < 4.78 is 37.9. The number of hydrogen-bond acceptors (Lipinski definition) is 8. The monoisotopic (exact) mass is 498 g/mol. The number of aryl methyl sites for hydroxylation is 2. The van der Waals surface area contributed by atoms with Crippen LogP contribution in [0.2, 0.25) is 0 Å². The fourth-order valence-corrected chi connectivity index (χ4v) is 6.38. The molecule has 13 heteroatoms. The summed E-state index contributed by atoms with van der Waals surface area (Å²) in [7, 11) is -2.88. The Hall–Kier alpha value is -2.90. The van der Waals surface area contributed by atoms with Gasteiger partial charge in [0.15, 0.2) is 0 Å². The number of primary amides is 1. The van der Waals surface area contributed by atoms with Crippen LogP contribution in [0.3, 0.4) is 0 Å². The van der Waals surface area contributed by atoms with E-state index >= 15 is 0 Å². The predicted molar refractivity (Wildman–Crippen MR) is 119 cm³/mol. The number of rotatable bonds is 7. The summed E-state index contributed by atoms with van der Waals surface area (Å²) in [4.78, 5) is 38.5. The average molecular weight is 499 g/mol. The van der Waals surface area contributed by atoms with Crippen molar-refractivity contribution < 1.29 is 32.0 Å². The van der Waals surface area contributed by atoms with Crippen LogP contribution in [0.25, 0.3) is 0 Å². The molecule has 1 aliphatic heterocycles. The molecule has 2 aromatic heterocycles. The first-order valence-corrected chi connectivity index (χ1v) is 12.4. The van der Waals surface area contributed by atoms with Crippen LogP contribution in [0.1, 0.15) is 39.2 Å². The highest BCUT2D eigenvalue weighted by molar-refractivity contribution is 7.89. The molecule has 1 fully saturated rings. The molecular weight excluding hydrogens is 472 g/mol. The summed E-state index contributed by atoms with van der Waals surface area (Å²) in [5, 5.41) is 4.41. The maximum atomic E-state index is 13.3. The highest BCUT2D eigenvalue weighted by Crippen LogP contribution is 2.30. The lowest BCUT2D eigenvalue weighted by molar-refractivity contribution is -0.132. The van der Waals surface area contributed by atoms with Crippen LogP contribution in [-0.4, -0.2) is 68.8 Å². The number of nitrogens with one attached hydrogen (secondary N) is 1. The zero-order chi connectivity index (χ0) is 24.3. The number of esters is 1. The highest BCUT2D eigenvalue weighted by Gasteiger charge is 2.38. The maximum Gasteiger partial charge on any atom is 0.342 e. The number of urea groups is 1. The van der Waals surface area contributed by atoms with Gasteiger partial charge in [0.1, 0.15) is 22.0 Å². The number of nitrogens with zero attached hydrogens (tertiary/aromatic N) is 2. The van der Waals surface area contributed by atoms with Crippen molar-refractivity contribution in [2.45, 2.75) is 31.2 Å². The second-order valence-corrected chi connectivity index (χ2v) is 10.3. The van der Waals surface area contributed by atoms with E-state index < -0.39 is 28.1 Å². The molecule has 3 amide bonds. The second kappa shape index (κ2) is 9.93. The third kappa shape index (κ3) is 5.20. The van der Waals surface area contributed by atoms with Gasteiger partial charge in [-0.3, -0.25) is 4.79 Å². The van der Waals surface area contributed by atoms with Crippen molar-refractivity contribution in [3.05, 3.63) is 39.5 Å². The first kappa shape index (κ1) is 24.7. The summed E-state index contributed by atoms with van der Waals surface area (Å²) >= 11 is 1.40. The molecule has 0 bridgehead atoms. The zero-order valence-electron chi connectivity index (χ0n) is 18.5. The Bertz CT molecular complexity index is 1130. The molecule has 1 aliphatic rings. The molecule has 0 radical (unpaired) electrons. The standard InChI is InChI=1S/C20H26N4O7S2/c1-12-17(19(26)30-3)18(13(2)31-12)33(28,29)24-8-6-23(7-9-24)16(25)11-14(22-20(21)27)15-5-4-10-32-15/h4-5,10,14H,6-9,11H2,1-3H3,(H3,21,22,27). The summed E-state index contributed by atoms with van der Waals surface area (Å²) in [6, 6.07) is 2.32. The highest BCUT2D eigenvalue weighted by atomic mass is 32.2. The molecule has 0 spiro atoms. The Morgan fingerprint density at radius 2 is 1.88 bits per heavy atom. The molecule has 3 heterocycles. The quantitative estimate of drug-likeness (QED) is 0.547. The number of hydrogen-bond donors (Lipinski definition) is 2. The fraction of sp³-hybridized carbons (Fsp3) is 0.450. The maximum absolute atomic E-state index is 13.3. The van der Waals surface area contributed by atoms with E-state index in [1.54, 1.807) is 11.0 Å². The van der Waals surface area contributed by atoms with Crippen LogP contribution in [0.15, 0.2) is 26.8 Å². The van der Waals surface area contributed by atoms with Crippen LogP contribution in [-0.2, 0) is 19.6 Å². The van der Waals surface area contributed by atoms with Crippen molar-refractivity contribution in [3.8, 4) is 0 Å². The van der Waals surface area contributed by atoms with E-state index in [4.69, 9.17) is 14.9 Å². The van der Waals surface area contributed by atoms with E-state index in [2.05, 4.69) is 5.32 Å². The van der Waals surface area contributed by atoms with Gasteiger partial charge in [0.05, 0.1) is 19.6 Å². The minimum absolute atomic E-state index is 0.00270. The fourth-order valence-electron chi connectivity index (χ4n) is 3.81. The smallest absolute Gasteiger partial charge is 0.342 e. The van der Waals surface area contributed by atoms with Gasteiger partial charge in [0.25, 0.3) is 0 Å². The molecule has 1 saturated heterocycles. The van der Waals surface area contributed by atoms with Gasteiger partial charge in [-0.25, -0.2) is 18.0 Å². The molecular formula is C20H26N4O7S2. The topological polar surface area (TPSA) is 152 Å². The van der Waals surface area contributed by atoms with E-state index in [1.807, 2.05) is 11.4 Å². The molecule has 0 saturated carbocycles. The number of sulfonamides is 1. The largest absolute Gasteiger partial charge is 0.465 e. The molecule has 1 unspecified atom stereocenters. The summed E-state index contributed by atoms with van der Waals surface area (Å²) in [6.45, 7) is 3.39. The zero-order valence-corrected chi connectivity index (χ0v) is 20.1. The predicted octanol–water partition coefficient (Wildman–Crippen LogP) is 1.38. The van der Waals surface area contributed by atoms with Crippen molar-refractivity contribution in [2.75, 3.05) is 33.3 Å². The van der Waals surface area contributed by atoms with E-state index in [0.29, 0.717) is 0 Å². The van der Waals surface area contributed by atoms with Gasteiger partial charge >= 0.3 is 12.0 Å². The van der Waals surface area contributed by atoms with Gasteiger partial charge in [-0.05, 0) is 25.3 Å². The minimum Gasteiger partial charge on any atom is -0.465 e. The number of methoxy groups -OCH3 is 1. The van der Waals surface area contributed by atoms with E-state index in [9.17, 15) is 22.8 Å². The number of carbonyl (C=O) groups excluding carboxylic acids is 3. The number of amides is 3. The molecule has 0 aromatic carbocycles. The Kier molecular flexibility index (Phi) is 7.44. The molecule has 0 aliphatic carbocycles. The molecule has 11 nitrogen and oxygen atoms in total. The van der Waals surface area contributed by atoms with Gasteiger partial charge in [-0.2, -0.15) is 4.31 Å². The number of piperazine rings is 1. The van der Waals surface area contributed by atoms with Crippen molar-refractivity contribution in [3.63, 3.8) is 0 Å². The molecule has 3 N–H and O–H groups in total. The van der Waals surface area contributed by atoms with Crippen LogP contribution in [0, 0.1) is 13.8 Å². The Morgan fingerprint density at radius 1 is 1.21 bits per heavy atom. The van der Waals surface area contributed by atoms with Gasteiger partial charge in [-0.15, -0.1) is 11.3 Å². The number of nitrogens with two attached hydrogens (primary N) is 1. The molecule has 1 atom stereocenters. The van der Waals surface area contributed by atoms with E-state index in [0.717, 1.165) is 4.88 Å².